The third kappa shape index (κ3) is 2.42. The fraction of sp³-hybridized carbons (Fsp3) is 0.625. The van der Waals surface area contributed by atoms with Crippen molar-refractivity contribution in [2.24, 2.45) is 17.3 Å². The van der Waals surface area contributed by atoms with Gasteiger partial charge in [-0.2, -0.15) is 0 Å². The standard InChI is InChI=1S/C8H10Cl2O2.Na/c1-8(2)5(4(10)3-9)6(8)7(11)12;/h3,5-6H,1-2H3,(H,11,12);/q;+1/p-1/b4-3-;. The first-order chi connectivity index (χ1) is 5.42. The summed E-state index contributed by atoms with van der Waals surface area (Å²) in [5.41, 5.74) is 0.901. The van der Waals surface area contributed by atoms with E-state index in [2.05, 4.69) is 0 Å². The molecule has 2 unspecified atom stereocenters. The predicted octanol–water partition coefficient (Wildman–Crippen LogP) is -1.67. The maximum Gasteiger partial charge on any atom is 1.00 e. The number of carbonyl (C=O) groups is 1. The zero-order valence-corrected chi connectivity index (χ0v) is 11.3. The maximum absolute atomic E-state index is 10.6. The molecular weight excluding hydrogens is 222 g/mol. The molecule has 0 spiro atoms. The molecular formula is C8H9Cl2NaO2. The molecule has 5 heteroatoms. The second kappa shape index (κ2) is 4.54. The Morgan fingerprint density at radius 2 is 1.92 bits per heavy atom. The largest absolute Gasteiger partial charge is 1.00 e. The summed E-state index contributed by atoms with van der Waals surface area (Å²) in [6.07, 6.45) is 0. The first-order valence-corrected chi connectivity index (χ1v) is 4.41. The molecule has 0 amide bonds. The number of hydrogen-bond donors (Lipinski definition) is 0. The minimum Gasteiger partial charge on any atom is -0.550 e. The van der Waals surface area contributed by atoms with Crippen molar-refractivity contribution in [1.82, 2.24) is 0 Å². The molecule has 0 saturated heterocycles. The van der Waals surface area contributed by atoms with Crippen molar-refractivity contribution in [3.8, 4) is 0 Å². The van der Waals surface area contributed by atoms with Gasteiger partial charge in [0, 0.05) is 28.4 Å². The van der Waals surface area contributed by atoms with Crippen LogP contribution in [0.15, 0.2) is 10.6 Å². The fourth-order valence-electron chi connectivity index (χ4n) is 1.66. The molecule has 1 aliphatic rings. The molecule has 0 radical (unpaired) electrons. The van der Waals surface area contributed by atoms with Gasteiger partial charge in [0.25, 0.3) is 0 Å². The van der Waals surface area contributed by atoms with Crippen LogP contribution >= 0.6 is 23.2 Å². The summed E-state index contributed by atoms with van der Waals surface area (Å²) in [6, 6.07) is 0. The normalized spacial score (nSPS) is 30.6. The summed E-state index contributed by atoms with van der Waals surface area (Å²) in [4.78, 5) is 10.6. The number of aliphatic carboxylic acids is 1. The van der Waals surface area contributed by atoms with Crippen LogP contribution in [0.5, 0.6) is 0 Å². The number of hydrogen-bond acceptors (Lipinski definition) is 2. The van der Waals surface area contributed by atoms with Gasteiger partial charge in [-0.1, -0.05) is 37.0 Å². The van der Waals surface area contributed by atoms with Crippen LogP contribution in [0.1, 0.15) is 13.8 Å². The number of carbonyl (C=O) groups excluding carboxylic acids is 1. The third-order valence-corrected chi connectivity index (χ3v) is 3.17. The van der Waals surface area contributed by atoms with Crippen molar-refractivity contribution < 1.29 is 39.5 Å². The van der Waals surface area contributed by atoms with Gasteiger partial charge >= 0.3 is 29.6 Å². The van der Waals surface area contributed by atoms with Crippen LogP contribution in [-0.4, -0.2) is 5.97 Å². The van der Waals surface area contributed by atoms with E-state index in [4.69, 9.17) is 23.2 Å². The number of carboxylic acids is 1. The Balaban J connectivity index is 0.00000144. The second-order valence-electron chi connectivity index (χ2n) is 3.59. The zero-order valence-electron chi connectivity index (χ0n) is 7.80. The minimum absolute atomic E-state index is 0. The minimum atomic E-state index is -1.05. The molecule has 0 aromatic rings. The topological polar surface area (TPSA) is 40.1 Å². The molecule has 0 aliphatic heterocycles. The third-order valence-electron chi connectivity index (χ3n) is 2.48. The van der Waals surface area contributed by atoms with E-state index in [0.29, 0.717) is 5.03 Å². The van der Waals surface area contributed by atoms with Crippen LogP contribution in [0, 0.1) is 17.3 Å². The first-order valence-electron chi connectivity index (χ1n) is 3.59. The van der Waals surface area contributed by atoms with Crippen LogP contribution in [0.2, 0.25) is 0 Å². The van der Waals surface area contributed by atoms with Crippen molar-refractivity contribution in [3.63, 3.8) is 0 Å². The van der Waals surface area contributed by atoms with Crippen LogP contribution in [-0.2, 0) is 4.79 Å². The molecule has 2 atom stereocenters. The van der Waals surface area contributed by atoms with Crippen molar-refractivity contribution in [2.75, 3.05) is 0 Å². The Kier molecular flexibility index (Phi) is 4.82. The Hall–Kier alpha value is 0.790. The van der Waals surface area contributed by atoms with E-state index >= 15 is 0 Å². The summed E-state index contributed by atoms with van der Waals surface area (Å²) in [5.74, 6) is -1.73. The van der Waals surface area contributed by atoms with Gasteiger partial charge in [-0.3, -0.25) is 0 Å². The van der Waals surface area contributed by atoms with Crippen LogP contribution in [0.25, 0.3) is 0 Å². The van der Waals surface area contributed by atoms with E-state index < -0.39 is 11.9 Å². The molecule has 1 aliphatic carbocycles. The average Bonchev–Trinajstić information content (AvgIpc) is 2.52. The van der Waals surface area contributed by atoms with Gasteiger partial charge in [0.1, 0.15) is 0 Å². The van der Waals surface area contributed by atoms with Crippen LogP contribution in [0.3, 0.4) is 0 Å². The van der Waals surface area contributed by atoms with Crippen LogP contribution in [0.4, 0.5) is 0 Å². The molecule has 1 saturated carbocycles. The van der Waals surface area contributed by atoms with Gasteiger partial charge in [-0.05, 0) is 5.41 Å². The van der Waals surface area contributed by atoms with Gasteiger partial charge in [-0.15, -0.1) is 0 Å². The summed E-state index contributed by atoms with van der Waals surface area (Å²) in [6.45, 7) is 3.67. The van der Waals surface area contributed by atoms with E-state index in [1.54, 1.807) is 0 Å². The smallest absolute Gasteiger partial charge is 0.550 e. The molecule has 0 aromatic carbocycles. The van der Waals surface area contributed by atoms with Gasteiger partial charge in [-0.25, -0.2) is 0 Å². The SMILES string of the molecule is CC1(C)C(C(=O)[O-])C1/C(Cl)=C/Cl.[Na+]. The number of allylic oxidation sites excluding steroid dienone is 1. The summed E-state index contributed by atoms with van der Waals surface area (Å²) in [7, 11) is 0. The number of rotatable bonds is 2. The first kappa shape index (κ1) is 13.8. The predicted molar refractivity (Wildman–Crippen MR) is 45.6 cm³/mol. The van der Waals surface area contributed by atoms with Gasteiger partial charge in [0.2, 0.25) is 0 Å². The molecule has 0 bridgehead atoms. The Morgan fingerprint density at radius 1 is 1.46 bits per heavy atom. The molecule has 68 valence electrons. The average molecular weight is 231 g/mol. The van der Waals surface area contributed by atoms with E-state index in [1.807, 2.05) is 13.8 Å². The van der Waals surface area contributed by atoms with Gasteiger partial charge in [0.05, 0.1) is 0 Å². The monoisotopic (exact) mass is 230 g/mol. The van der Waals surface area contributed by atoms with Crippen molar-refractivity contribution in [3.05, 3.63) is 10.6 Å². The molecule has 2 nitrogen and oxygen atoms in total. The Morgan fingerprint density at radius 3 is 2.15 bits per heavy atom. The molecule has 13 heavy (non-hydrogen) atoms. The molecule has 0 heterocycles. The van der Waals surface area contributed by atoms with Gasteiger partial charge < -0.3 is 9.90 Å². The van der Waals surface area contributed by atoms with Crippen molar-refractivity contribution in [1.29, 1.82) is 0 Å². The zero-order chi connectivity index (χ0) is 9.52. The molecule has 1 rings (SSSR count). The van der Waals surface area contributed by atoms with Crippen LogP contribution < -0.4 is 34.7 Å². The number of halogens is 2. The van der Waals surface area contributed by atoms with E-state index in [1.165, 1.54) is 5.54 Å². The maximum atomic E-state index is 10.6. The quantitative estimate of drug-likeness (QED) is 0.533. The number of carboxylic acid groups (broad SMARTS) is 1. The summed E-state index contributed by atoms with van der Waals surface area (Å²) < 4.78 is 0. The Labute approximate surface area is 110 Å². The van der Waals surface area contributed by atoms with E-state index in [-0.39, 0.29) is 40.9 Å². The summed E-state index contributed by atoms with van der Waals surface area (Å²) >= 11 is 11.1. The van der Waals surface area contributed by atoms with Crippen molar-refractivity contribution >= 4 is 29.2 Å². The Bertz CT molecular complexity index is 251. The van der Waals surface area contributed by atoms with Crippen molar-refractivity contribution in [2.45, 2.75) is 13.8 Å². The second-order valence-corrected chi connectivity index (χ2v) is 4.24. The summed E-state index contributed by atoms with van der Waals surface area (Å²) in [5, 5.41) is 11.0. The van der Waals surface area contributed by atoms with Gasteiger partial charge in [0.15, 0.2) is 0 Å². The fourth-order valence-corrected chi connectivity index (χ4v) is 2.20. The van der Waals surface area contributed by atoms with E-state index in [0.717, 1.165) is 0 Å². The molecule has 1 fully saturated rings. The van der Waals surface area contributed by atoms with E-state index in [9.17, 15) is 9.90 Å². The molecule has 0 aromatic heterocycles. The molecule has 0 N–H and O–H groups in total.